The maximum Gasteiger partial charge on any atom is 0.148 e. The summed E-state index contributed by atoms with van der Waals surface area (Å²) in [5, 5.41) is 3.24. The molecule has 1 N–H and O–H groups in total. The monoisotopic (exact) mass is 341 g/mol. The van der Waals surface area contributed by atoms with Crippen LogP contribution < -0.4 is 5.32 Å². The molecule has 0 radical (unpaired) electrons. The molecule has 3 rings (SSSR count). The van der Waals surface area contributed by atoms with Gasteiger partial charge in [-0.05, 0) is 40.9 Å². The molecular weight excluding hydrogens is 333 g/mol. The number of nitrogens with zero attached hydrogens (tertiary/aromatic N) is 2. The molecule has 0 saturated heterocycles. The number of benzene rings is 1. The lowest BCUT2D eigenvalue weighted by molar-refractivity contribution is 0.632. The topological polar surface area (TPSA) is 37.8 Å². The van der Waals surface area contributed by atoms with Crippen LogP contribution in [0.15, 0.2) is 28.9 Å². The summed E-state index contributed by atoms with van der Waals surface area (Å²) in [6.07, 6.45) is 2.21. The lowest BCUT2D eigenvalue weighted by Gasteiger charge is -2.10. The third-order valence-electron chi connectivity index (χ3n) is 2.87. The molecule has 1 aromatic carbocycles. The zero-order valence-electron chi connectivity index (χ0n) is 9.83. The van der Waals surface area contributed by atoms with Crippen LogP contribution in [-0.2, 0) is 0 Å². The van der Waals surface area contributed by atoms with Crippen molar-refractivity contribution < 1.29 is 4.39 Å². The van der Waals surface area contributed by atoms with Crippen molar-refractivity contribution >= 4 is 39.0 Å². The molecule has 1 aliphatic carbocycles. The summed E-state index contributed by atoms with van der Waals surface area (Å²) in [5.41, 5.74) is 0.233. The normalized spacial score (nSPS) is 14.5. The second-order valence-electron chi connectivity index (χ2n) is 4.43. The lowest BCUT2D eigenvalue weighted by Crippen LogP contribution is -2.01. The van der Waals surface area contributed by atoms with Crippen LogP contribution >= 0.6 is 27.5 Å². The Morgan fingerprint density at radius 1 is 1.32 bits per heavy atom. The van der Waals surface area contributed by atoms with Gasteiger partial charge in [-0.25, -0.2) is 14.4 Å². The van der Waals surface area contributed by atoms with E-state index in [1.807, 2.05) is 0 Å². The summed E-state index contributed by atoms with van der Waals surface area (Å²) in [6, 6.07) is 6.25. The van der Waals surface area contributed by atoms with Gasteiger partial charge in [0.1, 0.15) is 22.1 Å². The Labute approximate surface area is 123 Å². The van der Waals surface area contributed by atoms with E-state index in [1.54, 1.807) is 18.2 Å². The maximum absolute atomic E-state index is 13.7. The molecular formula is C13H10BrClFN3. The molecule has 6 heteroatoms. The number of para-hydroxylation sites is 1. The first-order chi connectivity index (χ1) is 9.13. The molecule has 1 fully saturated rings. The van der Waals surface area contributed by atoms with Gasteiger partial charge in [0, 0.05) is 12.0 Å². The van der Waals surface area contributed by atoms with Gasteiger partial charge in [-0.2, -0.15) is 0 Å². The van der Waals surface area contributed by atoms with Gasteiger partial charge in [0.2, 0.25) is 0 Å². The molecule has 1 saturated carbocycles. The lowest BCUT2D eigenvalue weighted by atomic mass is 10.3. The summed E-state index contributed by atoms with van der Waals surface area (Å²) in [6.45, 7) is 0. The minimum atomic E-state index is -0.407. The van der Waals surface area contributed by atoms with Gasteiger partial charge < -0.3 is 5.32 Å². The fraction of sp³-hybridized carbons (Fsp3) is 0.231. The van der Waals surface area contributed by atoms with Crippen molar-refractivity contribution in [1.29, 1.82) is 0 Å². The molecule has 0 amide bonds. The number of rotatable bonds is 3. The SMILES string of the molecule is Fc1cccc(Cl)c1Nc1cc(Br)nc(C2CC2)n1. The Hall–Kier alpha value is -1.20. The predicted octanol–water partition coefficient (Wildman–Crippen LogP) is 4.65. The highest BCUT2D eigenvalue weighted by Crippen LogP contribution is 2.39. The van der Waals surface area contributed by atoms with Crippen molar-refractivity contribution in [2.45, 2.75) is 18.8 Å². The van der Waals surface area contributed by atoms with Crippen LogP contribution in [-0.4, -0.2) is 9.97 Å². The Bertz CT molecular complexity index is 611. The molecule has 1 aromatic heterocycles. The maximum atomic E-state index is 13.7. The standard InChI is InChI=1S/C13H10BrClFN3/c14-10-6-11(19-13(17-10)7-4-5-7)18-12-8(15)2-1-3-9(12)16/h1-3,6-7H,4-5H2,(H,17,18,19). The molecule has 19 heavy (non-hydrogen) atoms. The fourth-order valence-electron chi connectivity index (χ4n) is 1.77. The van der Waals surface area contributed by atoms with Crippen LogP contribution in [0, 0.1) is 5.82 Å². The van der Waals surface area contributed by atoms with Gasteiger partial charge in [0.25, 0.3) is 0 Å². The first-order valence-corrected chi connectivity index (χ1v) is 7.06. The third kappa shape index (κ3) is 2.87. The average molecular weight is 343 g/mol. The zero-order chi connectivity index (χ0) is 13.4. The van der Waals surface area contributed by atoms with E-state index in [1.165, 1.54) is 6.07 Å². The van der Waals surface area contributed by atoms with Crippen molar-refractivity contribution in [3.05, 3.63) is 45.5 Å². The van der Waals surface area contributed by atoms with Crippen LogP contribution in [0.25, 0.3) is 0 Å². The molecule has 1 aliphatic rings. The highest BCUT2D eigenvalue weighted by atomic mass is 79.9. The summed E-state index contributed by atoms with van der Waals surface area (Å²) in [4.78, 5) is 8.72. The van der Waals surface area contributed by atoms with Crippen LogP contribution in [0.4, 0.5) is 15.9 Å². The highest BCUT2D eigenvalue weighted by molar-refractivity contribution is 9.10. The van der Waals surface area contributed by atoms with Crippen molar-refractivity contribution in [2.75, 3.05) is 5.32 Å². The van der Waals surface area contributed by atoms with Crippen LogP contribution in [0.3, 0.4) is 0 Å². The Morgan fingerprint density at radius 2 is 2.11 bits per heavy atom. The number of anilines is 2. The molecule has 98 valence electrons. The summed E-state index contributed by atoms with van der Waals surface area (Å²) < 4.78 is 14.4. The molecule has 2 aromatic rings. The van der Waals surface area contributed by atoms with E-state index in [-0.39, 0.29) is 5.69 Å². The molecule has 0 bridgehead atoms. The van der Waals surface area contributed by atoms with E-state index < -0.39 is 5.82 Å². The van der Waals surface area contributed by atoms with Crippen molar-refractivity contribution in [3.8, 4) is 0 Å². The number of hydrogen-bond acceptors (Lipinski definition) is 3. The summed E-state index contributed by atoms with van der Waals surface area (Å²) in [5.74, 6) is 1.34. The Morgan fingerprint density at radius 3 is 2.79 bits per heavy atom. The second kappa shape index (κ2) is 5.06. The Kier molecular flexibility index (Phi) is 3.41. The Balaban J connectivity index is 1.94. The van der Waals surface area contributed by atoms with Gasteiger partial charge >= 0.3 is 0 Å². The minimum Gasteiger partial charge on any atom is -0.336 e. The molecule has 1 heterocycles. The van der Waals surface area contributed by atoms with Crippen LogP contribution in [0.5, 0.6) is 0 Å². The van der Waals surface area contributed by atoms with Gasteiger partial charge in [-0.1, -0.05) is 17.7 Å². The van der Waals surface area contributed by atoms with Gasteiger partial charge in [0.05, 0.1) is 10.7 Å². The number of hydrogen-bond donors (Lipinski definition) is 1. The van der Waals surface area contributed by atoms with Gasteiger partial charge in [0.15, 0.2) is 0 Å². The van der Waals surface area contributed by atoms with Crippen molar-refractivity contribution in [2.24, 2.45) is 0 Å². The average Bonchev–Trinajstić information content (AvgIpc) is 3.17. The van der Waals surface area contributed by atoms with E-state index in [0.717, 1.165) is 18.7 Å². The molecule has 0 spiro atoms. The van der Waals surface area contributed by atoms with E-state index in [2.05, 4.69) is 31.2 Å². The fourth-order valence-corrected chi connectivity index (χ4v) is 2.38. The quantitative estimate of drug-likeness (QED) is 0.825. The third-order valence-corrected chi connectivity index (χ3v) is 3.59. The molecule has 0 atom stereocenters. The van der Waals surface area contributed by atoms with E-state index in [9.17, 15) is 4.39 Å². The first-order valence-electron chi connectivity index (χ1n) is 5.89. The smallest absolute Gasteiger partial charge is 0.148 e. The second-order valence-corrected chi connectivity index (χ2v) is 5.65. The first kappa shape index (κ1) is 12.8. The molecule has 3 nitrogen and oxygen atoms in total. The molecule has 0 unspecified atom stereocenters. The number of aromatic nitrogens is 2. The van der Waals surface area contributed by atoms with E-state index in [4.69, 9.17) is 11.6 Å². The van der Waals surface area contributed by atoms with Gasteiger partial charge in [-0.3, -0.25) is 0 Å². The van der Waals surface area contributed by atoms with Crippen molar-refractivity contribution in [3.63, 3.8) is 0 Å². The van der Waals surface area contributed by atoms with Crippen LogP contribution in [0.1, 0.15) is 24.6 Å². The van der Waals surface area contributed by atoms with Crippen LogP contribution in [0.2, 0.25) is 5.02 Å². The zero-order valence-corrected chi connectivity index (χ0v) is 12.2. The van der Waals surface area contributed by atoms with Gasteiger partial charge in [-0.15, -0.1) is 0 Å². The minimum absolute atomic E-state index is 0.233. The van der Waals surface area contributed by atoms with E-state index >= 15 is 0 Å². The highest BCUT2D eigenvalue weighted by Gasteiger charge is 2.27. The van der Waals surface area contributed by atoms with E-state index in [0.29, 0.717) is 21.4 Å². The summed E-state index contributed by atoms with van der Waals surface area (Å²) in [7, 11) is 0. The summed E-state index contributed by atoms with van der Waals surface area (Å²) >= 11 is 9.32. The number of nitrogens with one attached hydrogen (secondary N) is 1. The molecule has 0 aliphatic heterocycles. The number of halogens is 3. The largest absolute Gasteiger partial charge is 0.336 e. The van der Waals surface area contributed by atoms with Crippen molar-refractivity contribution in [1.82, 2.24) is 9.97 Å². The predicted molar refractivity (Wildman–Crippen MR) is 76.4 cm³/mol.